The largest absolute Gasteiger partial charge is 0.462 e. The molecular weight excluding hydrogens is 477 g/mol. The van der Waals surface area contributed by atoms with E-state index in [-0.39, 0.29) is 11.7 Å². The van der Waals surface area contributed by atoms with Gasteiger partial charge in [0.1, 0.15) is 36.0 Å². The van der Waals surface area contributed by atoms with Gasteiger partial charge in [-0.1, -0.05) is 49.1 Å². The number of allylic oxidation sites excluding steroid dienone is 3. The molecule has 1 amide bonds. The van der Waals surface area contributed by atoms with Crippen LogP contribution in [0.3, 0.4) is 0 Å². The van der Waals surface area contributed by atoms with Gasteiger partial charge in [0.2, 0.25) is 12.2 Å². The third kappa shape index (κ3) is 7.36. The molecule has 1 heterocycles. The molecule has 3 N–H and O–H groups in total. The summed E-state index contributed by atoms with van der Waals surface area (Å²) in [4.78, 5) is 11.3. The summed E-state index contributed by atoms with van der Waals surface area (Å²) in [6.45, 7) is 7.77. The van der Waals surface area contributed by atoms with E-state index in [1.807, 2.05) is 25.1 Å². The van der Waals surface area contributed by atoms with E-state index >= 15 is 0 Å². The fourth-order valence-corrected chi connectivity index (χ4v) is 4.16. The smallest absolute Gasteiger partial charge is 0.229 e. The van der Waals surface area contributed by atoms with Crippen molar-refractivity contribution in [2.75, 3.05) is 13.7 Å². The van der Waals surface area contributed by atoms with Crippen LogP contribution in [0.5, 0.6) is 5.75 Å². The Morgan fingerprint density at radius 2 is 1.97 bits per heavy atom. The second-order valence-corrected chi connectivity index (χ2v) is 8.75. The van der Waals surface area contributed by atoms with E-state index < -0.39 is 30.7 Å². The maximum absolute atomic E-state index is 14.0. The Balaban J connectivity index is 1.89. The number of amides is 1. The SMILES string of the molecule is C=C(/C=C\C=C/C)[C@H]1O[C@@H](Oc2ccc(CCNC(C)=O)c(-c3cccc(F)c3)c2)[C@H](O)[C@H](O)[C@H]1OC. The number of carbonyl (C=O) groups is 1. The Kier molecular flexibility index (Phi) is 10.2. The van der Waals surface area contributed by atoms with Crippen LogP contribution in [-0.4, -0.2) is 60.5 Å². The van der Waals surface area contributed by atoms with Gasteiger partial charge in [-0.2, -0.15) is 0 Å². The first-order chi connectivity index (χ1) is 17.7. The summed E-state index contributed by atoms with van der Waals surface area (Å²) < 4.78 is 31.4. The number of methoxy groups -OCH3 is 1. The molecule has 37 heavy (non-hydrogen) atoms. The molecule has 198 valence electrons. The molecule has 1 aliphatic rings. The normalized spacial score (nSPS) is 23.9. The number of hydrogen-bond donors (Lipinski definition) is 3. The Morgan fingerprint density at radius 3 is 2.65 bits per heavy atom. The van der Waals surface area contributed by atoms with Crippen LogP contribution in [0.25, 0.3) is 11.1 Å². The van der Waals surface area contributed by atoms with Crippen molar-refractivity contribution >= 4 is 5.91 Å². The summed E-state index contributed by atoms with van der Waals surface area (Å²) in [5.41, 5.74) is 2.75. The van der Waals surface area contributed by atoms with Crippen LogP contribution in [0, 0.1) is 5.82 Å². The summed E-state index contributed by atoms with van der Waals surface area (Å²) in [5.74, 6) is -0.174. The van der Waals surface area contributed by atoms with Crippen molar-refractivity contribution in [2.24, 2.45) is 0 Å². The van der Waals surface area contributed by atoms with Crippen LogP contribution in [0.2, 0.25) is 0 Å². The van der Waals surface area contributed by atoms with Gasteiger partial charge >= 0.3 is 0 Å². The quantitative estimate of drug-likeness (QED) is 0.421. The number of hydrogen-bond acceptors (Lipinski definition) is 6. The number of rotatable bonds is 10. The molecule has 0 aliphatic carbocycles. The monoisotopic (exact) mass is 511 g/mol. The average Bonchev–Trinajstić information content (AvgIpc) is 2.87. The molecule has 3 rings (SSSR count). The van der Waals surface area contributed by atoms with E-state index in [2.05, 4.69) is 11.9 Å². The molecule has 8 heteroatoms. The highest BCUT2D eigenvalue weighted by Gasteiger charge is 2.46. The Morgan fingerprint density at radius 1 is 1.19 bits per heavy atom. The van der Waals surface area contributed by atoms with Crippen LogP contribution in [0.1, 0.15) is 19.4 Å². The predicted octanol–water partition coefficient (Wildman–Crippen LogP) is 3.70. The number of ether oxygens (including phenoxy) is 3. The van der Waals surface area contributed by atoms with E-state index in [1.54, 1.807) is 36.4 Å². The van der Waals surface area contributed by atoms with Gasteiger partial charge in [0, 0.05) is 20.6 Å². The van der Waals surface area contributed by atoms with Crippen molar-refractivity contribution < 1.29 is 33.6 Å². The predicted molar refractivity (Wildman–Crippen MR) is 139 cm³/mol. The van der Waals surface area contributed by atoms with Gasteiger partial charge in [-0.15, -0.1) is 0 Å². The van der Waals surface area contributed by atoms with Gasteiger partial charge in [0.15, 0.2) is 0 Å². The van der Waals surface area contributed by atoms with E-state index in [0.717, 1.165) is 5.56 Å². The first-order valence-electron chi connectivity index (χ1n) is 12.1. The van der Waals surface area contributed by atoms with Crippen LogP contribution in [0.4, 0.5) is 4.39 Å². The standard InChI is InChI=1S/C29H34FNO6/c1-5-6-7-9-18(2)27-28(35-4)25(33)26(34)29(37-27)36-23-13-12-20(14-15-31-19(3)32)24(17-23)21-10-8-11-22(30)16-21/h5-13,16-17,25-29,33-34H,2,14-15H2,1,3-4H3,(H,31,32)/b6-5-,9-7-/t25-,26+,27+,28+,29+/m0/s1. The Bertz CT molecular complexity index is 1150. The van der Waals surface area contributed by atoms with Gasteiger partial charge in [0.05, 0.1) is 0 Å². The van der Waals surface area contributed by atoms with Gasteiger partial charge in [-0.05, 0) is 59.9 Å². The molecule has 0 aromatic heterocycles. The first kappa shape index (κ1) is 28.3. The molecule has 0 spiro atoms. The molecule has 0 saturated carbocycles. The van der Waals surface area contributed by atoms with E-state index in [0.29, 0.717) is 35.4 Å². The van der Waals surface area contributed by atoms with Crippen molar-refractivity contribution in [3.63, 3.8) is 0 Å². The van der Waals surface area contributed by atoms with Crippen LogP contribution in [0.15, 0.2) is 78.9 Å². The van der Waals surface area contributed by atoms with E-state index in [9.17, 15) is 19.4 Å². The number of halogens is 1. The zero-order valence-corrected chi connectivity index (χ0v) is 21.3. The van der Waals surface area contributed by atoms with Gasteiger partial charge in [-0.3, -0.25) is 4.79 Å². The zero-order chi connectivity index (χ0) is 26.9. The van der Waals surface area contributed by atoms with Crippen molar-refractivity contribution in [2.45, 2.75) is 51.0 Å². The summed E-state index contributed by atoms with van der Waals surface area (Å²) >= 11 is 0. The third-order valence-electron chi connectivity index (χ3n) is 6.03. The number of aliphatic hydroxyl groups excluding tert-OH is 2. The summed E-state index contributed by atoms with van der Waals surface area (Å²) in [6.07, 6.45) is 2.21. The average molecular weight is 512 g/mol. The molecule has 0 bridgehead atoms. The molecule has 1 fully saturated rings. The van der Waals surface area contributed by atoms with Crippen molar-refractivity contribution in [3.05, 3.63) is 90.3 Å². The zero-order valence-electron chi connectivity index (χ0n) is 21.3. The molecule has 0 unspecified atom stereocenters. The minimum Gasteiger partial charge on any atom is -0.462 e. The lowest BCUT2D eigenvalue weighted by molar-refractivity contribution is -0.267. The second-order valence-electron chi connectivity index (χ2n) is 8.75. The minimum atomic E-state index is -1.40. The lowest BCUT2D eigenvalue weighted by Crippen LogP contribution is -2.60. The lowest BCUT2D eigenvalue weighted by Gasteiger charge is -2.42. The fraction of sp³-hybridized carbons (Fsp3) is 0.345. The number of benzene rings is 2. The molecule has 2 aromatic carbocycles. The molecule has 7 nitrogen and oxygen atoms in total. The number of aliphatic hydroxyl groups is 2. The molecule has 2 aromatic rings. The van der Waals surface area contributed by atoms with Gasteiger partial charge < -0.3 is 29.7 Å². The number of carbonyl (C=O) groups excluding carboxylic acids is 1. The molecule has 1 saturated heterocycles. The maximum atomic E-state index is 14.0. The van der Waals surface area contributed by atoms with Crippen LogP contribution < -0.4 is 10.1 Å². The highest BCUT2D eigenvalue weighted by Crippen LogP contribution is 2.33. The van der Waals surface area contributed by atoms with E-state index in [4.69, 9.17) is 14.2 Å². The topological polar surface area (TPSA) is 97.3 Å². The first-order valence-corrected chi connectivity index (χ1v) is 12.1. The maximum Gasteiger partial charge on any atom is 0.229 e. The van der Waals surface area contributed by atoms with Gasteiger partial charge in [0.25, 0.3) is 0 Å². The molecular formula is C29H34FNO6. The summed E-state index contributed by atoms with van der Waals surface area (Å²) in [7, 11) is 1.42. The summed E-state index contributed by atoms with van der Waals surface area (Å²) in [6, 6.07) is 11.4. The fourth-order valence-electron chi connectivity index (χ4n) is 4.16. The van der Waals surface area contributed by atoms with Crippen LogP contribution in [-0.2, 0) is 20.7 Å². The van der Waals surface area contributed by atoms with Crippen molar-refractivity contribution in [1.82, 2.24) is 5.32 Å². The third-order valence-corrected chi connectivity index (χ3v) is 6.03. The van der Waals surface area contributed by atoms with Crippen molar-refractivity contribution in [3.8, 4) is 16.9 Å². The van der Waals surface area contributed by atoms with Crippen LogP contribution >= 0.6 is 0 Å². The highest BCUT2D eigenvalue weighted by atomic mass is 19.1. The summed E-state index contributed by atoms with van der Waals surface area (Å²) in [5, 5.41) is 24.2. The lowest BCUT2D eigenvalue weighted by atomic mass is 9.93. The molecule has 1 aliphatic heterocycles. The minimum absolute atomic E-state index is 0.139. The Hall–Kier alpha value is -3.30. The molecule has 5 atom stereocenters. The van der Waals surface area contributed by atoms with Gasteiger partial charge in [-0.25, -0.2) is 4.39 Å². The molecule has 0 radical (unpaired) electrons. The number of nitrogens with one attached hydrogen (secondary N) is 1. The van der Waals surface area contributed by atoms with Crippen molar-refractivity contribution in [1.29, 1.82) is 0 Å². The second kappa shape index (κ2) is 13.3. The van der Waals surface area contributed by atoms with E-state index in [1.165, 1.54) is 26.2 Å². The Labute approximate surface area is 216 Å². The highest BCUT2D eigenvalue weighted by molar-refractivity contribution is 5.73.